The maximum Gasteiger partial charge on any atom is 0.139 e. The molecular weight excluding hydrogens is 206 g/mol. The Morgan fingerprint density at radius 2 is 2.33 bits per heavy atom. The molecular formula is C11H19N3S. The first kappa shape index (κ1) is 10.7. The van der Waals surface area contributed by atoms with Crippen LogP contribution in [0.2, 0.25) is 0 Å². The van der Waals surface area contributed by atoms with Crippen LogP contribution >= 0.6 is 11.5 Å². The predicted molar refractivity (Wildman–Crippen MR) is 66.3 cm³/mol. The van der Waals surface area contributed by atoms with Crippen molar-refractivity contribution in [2.45, 2.75) is 39.2 Å². The van der Waals surface area contributed by atoms with Gasteiger partial charge in [-0.25, -0.2) is 0 Å². The molecule has 1 heterocycles. The minimum atomic E-state index is 0.658. The molecule has 1 aliphatic carbocycles. The zero-order valence-electron chi connectivity index (χ0n) is 9.44. The van der Waals surface area contributed by atoms with E-state index in [1.54, 1.807) is 0 Å². The summed E-state index contributed by atoms with van der Waals surface area (Å²) in [7, 11) is 0. The molecule has 0 radical (unpaired) electrons. The number of aromatic nitrogens is 1. The van der Waals surface area contributed by atoms with Gasteiger partial charge in [-0.1, -0.05) is 13.8 Å². The van der Waals surface area contributed by atoms with Gasteiger partial charge >= 0.3 is 0 Å². The van der Waals surface area contributed by atoms with Crippen molar-refractivity contribution >= 4 is 22.4 Å². The highest BCUT2D eigenvalue weighted by Gasteiger charge is 2.30. The first-order valence-corrected chi connectivity index (χ1v) is 6.43. The number of anilines is 2. The third kappa shape index (κ3) is 2.84. The second-order valence-corrected chi connectivity index (χ2v) is 5.48. The topological polar surface area (TPSA) is 42.1 Å². The SMILES string of the molecule is CC(C)CCN(c1cc(N)ns1)C1CC1. The second-order valence-electron chi connectivity index (χ2n) is 4.70. The van der Waals surface area contributed by atoms with Gasteiger partial charge in [-0.05, 0) is 36.7 Å². The zero-order valence-corrected chi connectivity index (χ0v) is 10.3. The lowest BCUT2D eigenvalue weighted by atomic mass is 10.1. The van der Waals surface area contributed by atoms with Crippen LogP contribution in [0.15, 0.2) is 6.07 Å². The molecule has 15 heavy (non-hydrogen) atoms. The maximum atomic E-state index is 5.67. The highest BCUT2D eigenvalue weighted by molar-refractivity contribution is 7.10. The average molecular weight is 225 g/mol. The lowest BCUT2D eigenvalue weighted by molar-refractivity contribution is 0.572. The Labute approximate surface area is 95.4 Å². The van der Waals surface area contributed by atoms with Gasteiger partial charge < -0.3 is 10.6 Å². The molecule has 0 bridgehead atoms. The van der Waals surface area contributed by atoms with Gasteiger partial charge in [-0.2, -0.15) is 4.37 Å². The van der Waals surface area contributed by atoms with Gasteiger partial charge in [0.2, 0.25) is 0 Å². The minimum absolute atomic E-state index is 0.658. The maximum absolute atomic E-state index is 5.67. The van der Waals surface area contributed by atoms with Crippen LogP contribution in [0, 0.1) is 5.92 Å². The fraction of sp³-hybridized carbons (Fsp3) is 0.727. The van der Waals surface area contributed by atoms with Crippen LogP contribution in [0.5, 0.6) is 0 Å². The number of hydrogen-bond donors (Lipinski definition) is 1. The van der Waals surface area contributed by atoms with Crippen molar-refractivity contribution in [1.82, 2.24) is 4.37 Å². The summed E-state index contributed by atoms with van der Waals surface area (Å²) in [6.07, 6.45) is 3.90. The van der Waals surface area contributed by atoms with Gasteiger partial charge in [0.05, 0.1) is 0 Å². The Balaban J connectivity index is 1.99. The van der Waals surface area contributed by atoms with E-state index in [1.807, 2.05) is 6.07 Å². The van der Waals surface area contributed by atoms with Gasteiger partial charge in [-0.15, -0.1) is 0 Å². The fourth-order valence-electron chi connectivity index (χ4n) is 1.67. The minimum Gasteiger partial charge on any atom is -0.383 e. The summed E-state index contributed by atoms with van der Waals surface area (Å²) in [6.45, 7) is 5.68. The van der Waals surface area contributed by atoms with E-state index >= 15 is 0 Å². The van der Waals surface area contributed by atoms with E-state index in [0.717, 1.165) is 18.5 Å². The molecule has 0 aliphatic heterocycles. The number of nitrogen functional groups attached to an aromatic ring is 1. The summed E-state index contributed by atoms with van der Waals surface area (Å²) >= 11 is 1.53. The molecule has 0 aromatic carbocycles. The smallest absolute Gasteiger partial charge is 0.139 e. The van der Waals surface area contributed by atoms with Crippen molar-refractivity contribution in [3.05, 3.63) is 6.07 Å². The van der Waals surface area contributed by atoms with Crippen molar-refractivity contribution in [3.63, 3.8) is 0 Å². The van der Waals surface area contributed by atoms with Gasteiger partial charge in [-0.3, -0.25) is 0 Å². The van der Waals surface area contributed by atoms with E-state index in [9.17, 15) is 0 Å². The quantitative estimate of drug-likeness (QED) is 0.838. The molecule has 84 valence electrons. The Kier molecular flexibility index (Phi) is 3.14. The van der Waals surface area contributed by atoms with Crippen molar-refractivity contribution < 1.29 is 0 Å². The lowest BCUT2D eigenvalue weighted by Gasteiger charge is -2.22. The van der Waals surface area contributed by atoms with E-state index in [2.05, 4.69) is 23.1 Å². The second kappa shape index (κ2) is 4.39. The van der Waals surface area contributed by atoms with Gasteiger partial charge in [0, 0.05) is 18.7 Å². The van der Waals surface area contributed by atoms with Crippen molar-refractivity contribution in [2.75, 3.05) is 17.2 Å². The molecule has 0 unspecified atom stereocenters. The predicted octanol–water partition coefficient (Wildman–Crippen LogP) is 2.74. The molecule has 0 spiro atoms. The zero-order chi connectivity index (χ0) is 10.8. The van der Waals surface area contributed by atoms with E-state index in [1.165, 1.54) is 35.8 Å². The normalized spacial score (nSPS) is 15.9. The van der Waals surface area contributed by atoms with E-state index in [0.29, 0.717) is 5.82 Å². The van der Waals surface area contributed by atoms with E-state index in [-0.39, 0.29) is 0 Å². The van der Waals surface area contributed by atoms with Gasteiger partial charge in [0.25, 0.3) is 0 Å². The summed E-state index contributed by atoms with van der Waals surface area (Å²) < 4.78 is 4.15. The van der Waals surface area contributed by atoms with Crippen LogP contribution in [0.3, 0.4) is 0 Å². The highest BCUT2D eigenvalue weighted by Crippen LogP contribution is 2.35. The van der Waals surface area contributed by atoms with Crippen molar-refractivity contribution in [2.24, 2.45) is 5.92 Å². The van der Waals surface area contributed by atoms with Crippen LogP contribution in [0.25, 0.3) is 0 Å². The fourth-order valence-corrected chi connectivity index (χ4v) is 2.44. The van der Waals surface area contributed by atoms with Crippen molar-refractivity contribution in [3.8, 4) is 0 Å². The highest BCUT2D eigenvalue weighted by atomic mass is 32.1. The average Bonchev–Trinajstić information content (AvgIpc) is 2.90. The summed E-state index contributed by atoms with van der Waals surface area (Å²) in [6, 6.07) is 2.76. The van der Waals surface area contributed by atoms with Crippen LogP contribution in [-0.2, 0) is 0 Å². The Morgan fingerprint density at radius 3 is 2.80 bits per heavy atom. The van der Waals surface area contributed by atoms with Crippen LogP contribution < -0.4 is 10.6 Å². The number of rotatable bonds is 5. The summed E-state index contributed by atoms with van der Waals surface area (Å²) in [5.74, 6) is 1.42. The number of nitrogens with zero attached hydrogens (tertiary/aromatic N) is 2. The molecule has 0 atom stereocenters. The molecule has 1 fully saturated rings. The molecule has 2 rings (SSSR count). The molecule has 1 aliphatic rings. The summed E-state index contributed by atoms with van der Waals surface area (Å²) in [5, 5.41) is 1.25. The molecule has 0 saturated heterocycles. The van der Waals surface area contributed by atoms with E-state index in [4.69, 9.17) is 5.73 Å². The molecule has 1 saturated carbocycles. The molecule has 3 nitrogen and oxygen atoms in total. The standard InChI is InChI=1S/C11H19N3S/c1-8(2)5-6-14(9-3-4-9)11-7-10(12)13-15-11/h7-9H,3-6H2,1-2H3,(H2,12,13). The largest absolute Gasteiger partial charge is 0.383 e. The van der Waals surface area contributed by atoms with Gasteiger partial charge in [0.1, 0.15) is 10.8 Å². The van der Waals surface area contributed by atoms with Gasteiger partial charge in [0.15, 0.2) is 0 Å². The third-order valence-electron chi connectivity index (χ3n) is 2.73. The summed E-state index contributed by atoms with van der Waals surface area (Å²) in [4.78, 5) is 2.48. The van der Waals surface area contributed by atoms with Crippen molar-refractivity contribution in [1.29, 1.82) is 0 Å². The van der Waals surface area contributed by atoms with Crippen LogP contribution in [0.1, 0.15) is 33.1 Å². The molecule has 1 aromatic heterocycles. The monoisotopic (exact) mass is 225 g/mol. The van der Waals surface area contributed by atoms with Crippen LogP contribution in [-0.4, -0.2) is 17.0 Å². The number of nitrogens with two attached hydrogens (primary N) is 1. The first-order chi connectivity index (χ1) is 7.16. The Hall–Kier alpha value is -0.770. The molecule has 2 N–H and O–H groups in total. The number of hydrogen-bond acceptors (Lipinski definition) is 4. The van der Waals surface area contributed by atoms with E-state index < -0.39 is 0 Å². The lowest BCUT2D eigenvalue weighted by Crippen LogP contribution is -2.26. The Morgan fingerprint density at radius 1 is 1.60 bits per heavy atom. The first-order valence-electron chi connectivity index (χ1n) is 5.65. The van der Waals surface area contributed by atoms with Crippen LogP contribution in [0.4, 0.5) is 10.8 Å². The molecule has 4 heteroatoms. The summed E-state index contributed by atoms with van der Waals surface area (Å²) in [5.41, 5.74) is 5.67. The molecule has 1 aromatic rings. The molecule has 0 amide bonds. The Bertz CT molecular complexity index is 317. The third-order valence-corrected chi connectivity index (χ3v) is 3.58.